The molecule has 1 N–H and O–H groups in total. The average Bonchev–Trinajstić information content (AvgIpc) is 3.09. The van der Waals surface area contributed by atoms with Crippen molar-refractivity contribution in [2.45, 2.75) is 24.9 Å². The highest BCUT2D eigenvalue weighted by molar-refractivity contribution is 7.91. The van der Waals surface area contributed by atoms with Gasteiger partial charge in [0, 0.05) is 15.8 Å². The maximum atomic E-state index is 11.5. The Hall–Kier alpha value is -0.400. The summed E-state index contributed by atoms with van der Waals surface area (Å²) in [5.41, 5.74) is 0. The van der Waals surface area contributed by atoms with Crippen LogP contribution in [0, 0.1) is 0 Å². The van der Waals surface area contributed by atoms with Crippen molar-refractivity contribution in [3.05, 3.63) is 43.7 Å². The van der Waals surface area contributed by atoms with E-state index in [1.807, 2.05) is 18.2 Å². The third-order valence-electron chi connectivity index (χ3n) is 3.66. The van der Waals surface area contributed by atoms with Crippen LogP contribution in [0.5, 0.6) is 0 Å². The molecule has 0 bridgehead atoms. The molecule has 3 rings (SSSR count). The van der Waals surface area contributed by atoms with Crippen molar-refractivity contribution in [1.29, 1.82) is 0 Å². The second-order valence-corrected chi connectivity index (χ2v) is 10.2. The highest BCUT2D eigenvalue weighted by atomic mass is 35.5. The van der Waals surface area contributed by atoms with Gasteiger partial charge in [0.1, 0.15) is 9.84 Å². The lowest BCUT2D eigenvalue weighted by molar-refractivity contribution is 0.438. The molecule has 0 aliphatic carbocycles. The molecule has 0 saturated carbocycles. The number of hydrogen-bond donors (Lipinski definition) is 1. The summed E-state index contributed by atoms with van der Waals surface area (Å²) >= 11 is 9.34. The number of halogens is 1. The van der Waals surface area contributed by atoms with E-state index in [1.54, 1.807) is 22.7 Å². The van der Waals surface area contributed by atoms with E-state index in [2.05, 4.69) is 16.8 Å². The van der Waals surface area contributed by atoms with Crippen LogP contribution in [-0.4, -0.2) is 26.0 Å². The Labute approximate surface area is 137 Å². The number of sulfone groups is 1. The van der Waals surface area contributed by atoms with Gasteiger partial charge in [-0.05, 0) is 36.4 Å². The first-order valence-corrected chi connectivity index (χ1v) is 10.7. The van der Waals surface area contributed by atoms with E-state index >= 15 is 0 Å². The molecular weight excluding hydrogens is 346 g/mol. The van der Waals surface area contributed by atoms with E-state index < -0.39 is 9.84 Å². The zero-order chi connectivity index (χ0) is 14.9. The van der Waals surface area contributed by atoms with Gasteiger partial charge < -0.3 is 5.32 Å². The molecule has 1 fully saturated rings. The molecule has 1 saturated heterocycles. The van der Waals surface area contributed by atoms with Gasteiger partial charge in [0.05, 0.1) is 21.9 Å². The fourth-order valence-electron chi connectivity index (χ4n) is 2.54. The van der Waals surface area contributed by atoms with Crippen molar-refractivity contribution in [2.24, 2.45) is 0 Å². The lowest BCUT2D eigenvalue weighted by atomic mass is 10.1. The number of nitrogens with one attached hydrogen (secondary N) is 1. The second-order valence-electron chi connectivity index (χ2n) is 5.18. The largest absolute Gasteiger partial charge is 0.302 e. The zero-order valence-corrected chi connectivity index (χ0v) is 14.5. The highest BCUT2D eigenvalue weighted by Crippen LogP contribution is 2.34. The maximum Gasteiger partial charge on any atom is 0.150 e. The molecule has 7 heteroatoms. The molecule has 0 amide bonds. The standard InChI is InChI=1S/C14H16ClNO2S3/c15-13-4-3-12(20-13)14(11-2-1-7-19-11)16-10-5-8-21(17,18)9-6-10/h1-4,7,10,14,16H,5-6,8-9H2. The Morgan fingerprint density at radius 2 is 1.95 bits per heavy atom. The summed E-state index contributed by atoms with van der Waals surface area (Å²) in [6, 6.07) is 8.44. The first kappa shape index (κ1) is 15.5. The molecular formula is C14H16ClNO2S3. The molecule has 2 aromatic heterocycles. The molecule has 0 spiro atoms. The summed E-state index contributed by atoms with van der Waals surface area (Å²) in [4.78, 5) is 2.41. The number of thiophene rings is 2. The van der Waals surface area contributed by atoms with Crippen LogP contribution in [-0.2, 0) is 9.84 Å². The van der Waals surface area contributed by atoms with Crippen LogP contribution in [0.2, 0.25) is 4.34 Å². The van der Waals surface area contributed by atoms with E-state index in [1.165, 1.54) is 9.75 Å². The van der Waals surface area contributed by atoms with Gasteiger partial charge in [0.25, 0.3) is 0 Å². The summed E-state index contributed by atoms with van der Waals surface area (Å²) in [6.07, 6.45) is 1.37. The molecule has 1 aliphatic rings. The topological polar surface area (TPSA) is 46.2 Å². The Kier molecular flexibility index (Phi) is 4.71. The molecule has 1 aliphatic heterocycles. The predicted octanol–water partition coefficient (Wildman–Crippen LogP) is 3.72. The van der Waals surface area contributed by atoms with Crippen LogP contribution in [0.15, 0.2) is 29.6 Å². The van der Waals surface area contributed by atoms with Gasteiger partial charge in [0.15, 0.2) is 0 Å². The third-order valence-corrected chi connectivity index (χ3v) is 7.61. The minimum absolute atomic E-state index is 0.105. The first-order chi connectivity index (χ1) is 10.0. The van der Waals surface area contributed by atoms with Crippen molar-refractivity contribution in [1.82, 2.24) is 5.32 Å². The summed E-state index contributed by atoms with van der Waals surface area (Å²) in [6.45, 7) is 0. The Morgan fingerprint density at radius 1 is 1.19 bits per heavy atom. The SMILES string of the molecule is O=S1(=O)CCC(NC(c2cccs2)c2ccc(Cl)s2)CC1. The lowest BCUT2D eigenvalue weighted by Gasteiger charge is -2.27. The first-order valence-electron chi connectivity index (χ1n) is 6.78. The van der Waals surface area contributed by atoms with Crippen molar-refractivity contribution < 1.29 is 8.42 Å². The Balaban J connectivity index is 1.78. The number of hydrogen-bond acceptors (Lipinski definition) is 5. The lowest BCUT2D eigenvalue weighted by Crippen LogP contribution is -2.39. The summed E-state index contributed by atoms with van der Waals surface area (Å²) in [7, 11) is -2.82. The van der Waals surface area contributed by atoms with Crippen LogP contribution in [0.3, 0.4) is 0 Å². The van der Waals surface area contributed by atoms with E-state index in [0.29, 0.717) is 12.8 Å². The van der Waals surface area contributed by atoms with Crippen LogP contribution < -0.4 is 5.32 Å². The molecule has 3 heterocycles. The smallest absolute Gasteiger partial charge is 0.150 e. The maximum absolute atomic E-state index is 11.5. The predicted molar refractivity (Wildman–Crippen MR) is 90.3 cm³/mol. The van der Waals surface area contributed by atoms with Crippen LogP contribution >= 0.6 is 34.3 Å². The zero-order valence-electron chi connectivity index (χ0n) is 11.3. The molecule has 1 unspecified atom stereocenters. The molecule has 21 heavy (non-hydrogen) atoms. The monoisotopic (exact) mass is 361 g/mol. The average molecular weight is 362 g/mol. The minimum atomic E-state index is -2.82. The van der Waals surface area contributed by atoms with Gasteiger partial charge in [0.2, 0.25) is 0 Å². The Morgan fingerprint density at radius 3 is 2.52 bits per heavy atom. The third kappa shape index (κ3) is 3.87. The quantitative estimate of drug-likeness (QED) is 0.902. The van der Waals surface area contributed by atoms with E-state index in [0.717, 1.165) is 4.34 Å². The molecule has 0 radical (unpaired) electrons. The van der Waals surface area contributed by atoms with E-state index in [4.69, 9.17) is 11.6 Å². The highest BCUT2D eigenvalue weighted by Gasteiger charge is 2.27. The van der Waals surface area contributed by atoms with Crippen LogP contribution in [0.25, 0.3) is 0 Å². The summed E-state index contributed by atoms with van der Waals surface area (Å²) in [5, 5.41) is 5.68. The fraction of sp³-hybridized carbons (Fsp3) is 0.429. The van der Waals surface area contributed by atoms with Crippen molar-refractivity contribution in [2.75, 3.05) is 11.5 Å². The summed E-state index contributed by atoms with van der Waals surface area (Å²) < 4.78 is 23.9. The second kappa shape index (κ2) is 6.38. The number of rotatable bonds is 4. The normalized spacial score (nSPS) is 20.4. The fourth-order valence-corrected chi connectivity index (χ4v) is 6.04. The van der Waals surface area contributed by atoms with Gasteiger partial charge in [-0.15, -0.1) is 22.7 Å². The van der Waals surface area contributed by atoms with Gasteiger partial charge in [-0.1, -0.05) is 17.7 Å². The van der Waals surface area contributed by atoms with Crippen LogP contribution in [0.4, 0.5) is 0 Å². The van der Waals surface area contributed by atoms with Gasteiger partial charge in [-0.2, -0.15) is 0 Å². The molecule has 0 aromatic carbocycles. The van der Waals surface area contributed by atoms with Gasteiger partial charge in [-0.25, -0.2) is 8.42 Å². The minimum Gasteiger partial charge on any atom is -0.302 e. The molecule has 2 aromatic rings. The van der Waals surface area contributed by atoms with Crippen molar-refractivity contribution in [3.8, 4) is 0 Å². The molecule has 114 valence electrons. The van der Waals surface area contributed by atoms with Gasteiger partial charge in [-0.3, -0.25) is 0 Å². The van der Waals surface area contributed by atoms with Gasteiger partial charge >= 0.3 is 0 Å². The van der Waals surface area contributed by atoms with E-state index in [9.17, 15) is 8.42 Å². The Bertz CT molecular complexity index is 680. The van der Waals surface area contributed by atoms with E-state index in [-0.39, 0.29) is 23.6 Å². The summed E-state index contributed by atoms with van der Waals surface area (Å²) in [5.74, 6) is 0.569. The van der Waals surface area contributed by atoms with Crippen molar-refractivity contribution in [3.63, 3.8) is 0 Å². The molecule has 1 atom stereocenters. The molecule has 3 nitrogen and oxygen atoms in total. The van der Waals surface area contributed by atoms with Crippen LogP contribution in [0.1, 0.15) is 28.6 Å². The van der Waals surface area contributed by atoms with Crippen molar-refractivity contribution >= 4 is 44.1 Å².